The quantitative estimate of drug-likeness (QED) is 0.316. The Labute approximate surface area is 163 Å². The molecular formula is C18H27BrN4O3. The number of nitrogens with zero attached hydrogens (tertiary/aromatic N) is 1. The fourth-order valence-corrected chi connectivity index (χ4v) is 2.88. The number of carbonyl (C=O) groups excluding carboxylic acids is 1. The van der Waals surface area contributed by atoms with Gasteiger partial charge in [0, 0.05) is 49.9 Å². The molecule has 1 heterocycles. The molecule has 0 radical (unpaired) electrons. The summed E-state index contributed by atoms with van der Waals surface area (Å²) in [6, 6.07) is 7.31. The van der Waals surface area contributed by atoms with E-state index < -0.39 is 0 Å². The van der Waals surface area contributed by atoms with E-state index in [4.69, 9.17) is 9.47 Å². The van der Waals surface area contributed by atoms with Gasteiger partial charge in [0.1, 0.15) is 0 Å². The van der Waals surface area contributed by atoms with Crippen LogP contribution >= 0.6 is 15.9 Å². The first-order valence-corrected chi connectivity index (χ1v) is 9.66. The number of amides is 1. The van der Waals surface area contributed by atoms with Crippen molar-refractivity contribution in [3.63, 3.8) is 0 Å². The summed E-state index contributed by atoms with van der Waals surface area (Å²) in [7, 11) is 1.72. The van der Waals surface area contributed by atoms with Gasteiger partial charge in [-0.05, 0) is 31.0 Å². The lowest BCUT2D eigenvalue weighted by molar-refractivity contribution is 0.0420. The number of rotatable bonds is 9. The topological polar surface area (TPSA) is 84.0 Å². The number of guanidine groups is 1. The van der Waals surface area contributed by atoms with Crippen LogP contribution in [0.25, 0.3) is 0 Å². The second kappa shape index (κ2) is 11.9. The van der Waals surface area contributed by atoms with E-state index in [9.17, 15) is 4.79 Å². The maximum atomic E-state index is 12.0. The summed E-state index contributed by atoms with van der Waals surface area (Å²) in [4.78, 5) is 16.2. The summed E-state index contributed by atoms with van der Waals surface area (Å²) < 4.78 is 11.9. The van der Waals surface area contributed by atoms with Gasteiger partial charge >= 0.3 is 0 Å². The van der Waals surface area contributed by atoms with Gasteiger partial charge in [-0.3, -0.25) is 9.79 Å². The molecule has 1 atom stereocenters. The molecule has 1 aliphatic rings. The van der Waals surface area contributed by atoms with Gasteiger partial charge in [-0.2, -0.15) is 0 Å². The van der Waals surface area contributed by atoms with E-state index in [0.29, 0.717) is 37.8 Å². The first-order chi connectivity index (χ1) is 12.7. The van der Waals surface area contributed by atoms with Crippen molar-refractivity contribution < 1.29 is 14.3 Å². The third-order valence-corrected chi connectivity index (χ3v) is 4.36. The molecule has 0 aromatic heterocycles. The average molecular weight is 427 g/mol. The second-order valence-corrected chi connectivity index (χ2v) is 6.82. The largest absolute Gasteiger partial charge is 0.379 e. The zero-order chi connectivity index (χ0) is 18.6. The molecule has 8 heteroatoms. The molecule has 2 rings (SSSR count). The Balaban J connectivity index is 1.53. The highest BCUT2D eigenvalue weighted by molar-refractivity contribution is 9.10. The Hall–Kier alpha value is -1.64. The molecule has 0 bridgehead atoms. The Bertz CT molecular complexity index is 592. The number of carbonyl (C=O) groups is 1. The van der Waals surface area contributed by atoms with Crippen LogP contribution in [0.3, 0.4) is 0 Å². The number of aliphatic imine (C=N–C) groups is 1. The molecule has 26 heavy (non-hydrogen) atoms. The van der Waals surface area contributed by atoms with Crippen molar-refractivity contribution in [3.8, 4) is 0 Å². The first kappa shape index (κ1) is 20.7. The van der Waals surface area contributed by atoms with E-state index in [0.717, 1.165) is 30.5 Å². The van der Waals surface area contributed by atoms with Crippen LogP contribution in [0.4, 0.5) is 0 Å². The van der Waals surface area contributed by atoms with Crippen LogP contribution in [0.15, 0.2) is 33.7 Å². The molecule has 1 fully saturated rings. The predicted octanol–water partition coefficient (Wildman–Crippen LogP) is 1.54. The van der Waals surface area contributed by atoms with Gasteiger partial charge in [0.15, 0.2) is 5.96 Å². The highest BCUT2D eigenvalue weighted by atomic mass is 79.9. The summed E-state index contributed by atoms with van der Waals surface area (Å²) in [6.45, 7) is 4.10. The first-order valence-electron chi connectivity index (χ1n) is 8.86. The monoisotopic (exact) mass is 426 g/mol. The van der Waals surface area contributed by atoms with Crippen molar-refractivity contribution in [1.29, 1.82) is 0 Å². The Kier molecular flexibility index (Phi) is 9.44. The van der Waals surface area contributed by atoms with Crippen molar-refractivity contribution in [3.05, 3.63) is 34.3 Å². The molecular weight excluding hydrogens is 400 g/mol. The number of hydrogen-bond acceptors (Lipinski definition) is 4. The zero-order valence-electron chi connectivity index (χ0n) is 15.1. The van der Waals surface area contributed by atoms with Crippen molar-refractivity contribution in [2.24, 2.45) is 4.99 Å². The van der Waals surface area contributed by atoms with Gasteiger partial charge in [0.2, 0.25) is 0 Å². The molecule has 1 unspecified atom stereocenters. The van der Waals surface area contributed by atoms with Crippen LogP contribution in [0, 0.1) is 0 Å². The lowest BCUT2D eigenvalue weighted by Gasteiger charge is -2.13. The smallest absolute Gasteiger partial charge is 0.251 e. The van der Waals surface area contributed by atoms with E-state index in [1.165, 1.54) is 0 Å². The molecule has 0 spiro atoms. The van der Waals surface area contributed by atoms with Crippen molar-refractivity contribution in [2.75, 3.05) is 46.5 Å². The predicted molar refractivity (Wildman–Crippen MR) is 106 cm³/mol. The van der Waals surface area contributed by atoms with Crippen LogP contribution in [-0.4, -0.2) is 64.5 Å². The summed E-state index contributed by atoms with van der Waals surface area (Å²) in [5.41, 5.74) is 0.634. The van der Waals surface area contributed by atoms with E-state index in [1.807, 2.05) is 12.1 Å². The fraction of sp³-hybridized carbons (Fsp3) is 0.556. The summed E-state index contributed by atoms with van der Waals surface area (Å²) in [6.07, 6.45) is 2.14. The summed E-state index contributed by atoms with van der Waals surface area (Å²) >= 11 is 3.36. The van der Waals surface area contributed by atoms with Gasteiger partial charge in [0.05, 0.1) is 12.7 Å². The number of halogens is 1. The molecule has 1 aromatic rings. The lowest BCUT2D eigenvalue weighted by atomic mass is 10.2. The molecule has 0 saturated carbocycles. The van der Waals surface area contributed by atoms with Crippen LogP contribution in [0.1, 0.15) is 23.2 Å². The number of nitrogens with one attached hydrogen (secondary N) is 3. The molecule has 1 amide bonds. The highest BCUT2D eigenvalue weighted by Gasteiger charge is 2.15. The van der Waals surface area contributed by atoms with Crippen molar-refractivity contribution in [2.45, 2.75) is 18.9 Å². The molecule has 0 aliphatic carbocycles. The van der Waals surface area contributed by atoms with Crippen molar-refractivity contribution >= 4 is 27.8 Å². The van der Waals surface area contributed by atoms with Gasteiger partial charge in [0.25, 0.3) is 5.91 Å². The normalized spacial score (nSPS) is 17.2. The van der Waals surface area contributed by atoms with Crippen LogP contribution in [0.2, 0.25) is 0 Å². The zero-order valence-corrected chi connectivity index (χ0v) is 16.7. The van der Waals surface area contributed by atoms with E-state index >= 15 is 0 Å². The summed E-state index contributed by atoms with van der Waals surface area (Å²) in [5, 5.41) is 9.28. The van der Waals surface area contributed by atoms with Crippen LogP contribution in [0.5, 0.6) is 0 Å². The molecule has 1 aliphatic heterocycles. The maximum absolute atomic E-state index is 12.0. The Morgan fingerprint density at radius 2 is 2.12 bits per heavy atom. The highest BCUT2D eigenvalue weighted by Crippen LogP contribution is 2.11. The van der Waals surface area contributed by atoms with Crippen molar-refractivity contribution in [1.82, 2.24) is 16.0 Å². The minimum absolute atomic E-state index is 0.0934. The number of ether oxygens (including phenoxy) is 2. The second-order valence-electron chi connectivity index (χ2n) is 5.90. The molecule has 7 nitrogen and oxygen atoms in total. The maximum Gasteiger partial charge on any atom is 0.251 e. The van der Waals surface area contributed by atoms with Gasteiger partial charge in [-0.25, -0.2) is 0 Å². The average Bonchev–Trinajstić information content (AvgIpc) is 3.16. The summed E-state index contributed by atoms with van der Waals surface area (Å²) in [5.74, 6) is 0.620. The van der Waals surface area contributed by atoms with Crippen LogP contribution < -0.4 is 16.0 Å². The van der Waals surface area contributed by atoms with Gasteiger partial charge < -0.3 is 25.4 Å². The van der Waals surface area contributed by atoms with E-state index in [2.05, 4.69) is 36.9 Å². The minimum atomic E-state index is -0.0934. The molecule has 144 valence electrons. The minimum Gasteiger partial charge on any atom is -0.379 e. The third kappa shape index (κ3) is 7.72. The van der Waals surface area contributed by atoms with E-state index in [1.54, 1.807) is 19.2 Å². The van der Waals surface area contributed by atoms with Gasteiger partial charge in [-0.15, -0.1) is 0 Å². The Morgan fingerprint density at radius 1 is 1.31 bits per heavy atom. The number of hydrogen-bond donors (Lipinski definition) is 3. The fourth-order valence-electron chi connectivity index (χ4n) is 2.48. The molecule has 3 N–H and O–H groups in total. The Morgan fingerprint density at radius 3 is 2.85 bits per heavy atom. The van der Waals surface area contributed by atoms with E-state index in [-0.39, 0.29) is 12.0 Å². The van der Waals surface area contributed by atoms with Crippen LogP contribution in [-0.2, 0) is 9.47 Å². The molecule has 1 saturated heterocycles. The SMILES string of the molecule is CN=C(NCCCOC1CCOC1)NCCNC(=O)c1cccc(Br)c1. The standard InChI is InChI=1S/C18H27BrN4O3/c1-20-18(22-7-3-10-26-16-6-11-25-13-16)23-9-8-21-17(24)14-4-2-5-15(19)12-14/h2,4-5,12,16H,3,6-11,13H2,1H3,(H,21,24)(H2,20,22,23). The van der Waals surface area contributed by atoms with Gasteiger partial charge in [-0.1, -0.05) is 22.0 Å². The lowest BCUT2D eigenvalue weighted by Crippen LogP contribution is -2.42. The number of benzene rings is 1. The molecule has 1 aromatic carbocycles. The third-order valence-electron chi connectivity index (χ3n) is 3.87.